The molecular formula is C27H30F3N3O7. The fourth-order valence-electron chi connectivity index (χ4n) is 6.89. The van der Waals surface area contributed by atoms with Crippen LogP contribution in [0.15, 0.2) is 23.0 Å². The number of alkyl halides is 3. The molecule has 40 heavy (non-hydrogen) atoms. The second kappa shape index (κ2) is 9.32. The highest BCUT2D eigenvalue weighted by molar-refractivity contribution is 6.24. The highest BCUT2D eigenvalue weighted by Gasteiger charge is 2.64. The Balaban J connectivity index is 1.74. The number of carbonyl (C=O) groups excluding carboxylic acids is 3. The van der Waals surface area contributed by atoms with E-state index in [0.717, 1.165) is 6.07 Å². The van der Waals surface area contributed by atoms with Gasteiger partial charge in [0.2, 0.25) is 5.78 Å². The second-order valence-corrected chi connectivity index (χ2v) is 11.2. The normalized spacial score (nSPS) is 30.5. The number of benzene rings is 1. The van der Waals surface area contributed by atoms with Gasteiger partial charge in [-0.05, 0) is 55.3 Å². The molecule has 0 aromatic heterocycles. The van der Waals surface area contributed by atoms with Crippen molar-refractivity contribution >= 4 is 23.2 Å². The highest BCUT2D eigenvalue weighted by Crippen LogP contribution is 2.54. The number of carbonyl (C=O) groups is 3. The number of aliphatic hydroxyl groups is 3. The van der Waals surface area contributed by atoms with Crippen LogP contribution in [0.3, 0.4) is 0 Å². The van der Waals surface area contributed by atoms with Crippen molar-refractivity contribution in [1.82, 2.24) is 10.6 Å². The molecule has 216 valence electrons. The Kier molecular flexibility index (Phi) is 6.55. The minimum absolute atomic E-state index is 0.171. The van der Waals surface area contributed by atoms with E-state index in [1.54, 1.807) is 13.8 Å². The number of phenols is 1. The van der Waals surface area contributed by atoms with Crippen LogP contribution in [0, 0.1) is 11.8 Å². The monoisotopic (exact) mass is 565 g/mol. The number of primary amides is 1. The number of nitrogens with one attached hydrogen (secondary N) is 2. The number of aliphatic hydroxyl groups excluding tert-OH is 2. The smallest absolute Gasteiger partial charge is 0.417 e. The second-order valence-electron chi connectivity index (χ2n) is 11.2. The van der Waals surface area contributed by atoms with E-state index in [-0.39, 0.29) is 12.0 Å². The van der Waals surface area contributed by atoms with Crippen molar-refractivity contribution in [3.05, 3.63) is 45.2 Å². The lowest BCUT2D eigenvalue weighted by Gasteiger charge is -2.49. The third kappa shape index (κ3) is 3.93. The molecule has 1 saturated carbocycles. The van der Waals surface area contributed by atoms with Crippen LogP contribution in [0.4, 0.5) is 13.2 Å². The van der Waals surface area contributed by atoms with Gasteiger partial charge in [-0.15, -0.1) is 0 Å². The van der Waals surface area contributed by atoms with Crippen LogP contribution < -0.4 is 16.4 Å². The molecule has 0 spiro atoms. The van der Waals surface area contributed by atoms with Crippen LogP contribution in [0.1, 0.15) is 61.4 Å². The van der Waals surface area contributed by atoms with Gasteiger partial charge in [0.15, 0.2) is 11.4 Å². The lowest BCUT2D eigenvalue weighted by Crippen LogP contribution is -2.66. The fraction of sp³-hybridized carbons (Fsp3) is 0.519. The molecule has 2 fully saturated rings. The molecule has 1 amide bonds. The van der Waals surface area contributed by atoms with Gasteiger partial charge in [-0.1, -0.05) is 13.8 Å². The zero-order valence-electron chi connectivity index (χ0n) is 21.7. The van der Waals surface area contributed by atoms with E-state index >= 15 is 0 Å². The van der Waals surface area contributed by atoms with Gasteiger partial charge in [0.25, 0.3) is 5.91 Å². The summed E-state index contributed by atoms with van der Waals surface area (Å²) in [5.74, 6) is -9.04. The molecule has 1 saturated heterocycles. The zero-order valence-corrected chi connectivity index (χ0v) is 21.7. The summed E-state index contributed by atoms with van der Waals surface area (Å²) in [7, 11) is 0. The third-order valence-corrected chi connectivity index (χ3v) is 8.46. The van der Waals surface area contributed by atoms with Crippen LogP contribution in [-0.2, 0) is 27.0 Å². The average molecular weight is 566 g/mol. The van der Waals surface area contributed by atoms with E-state index in [9.17, 15) is 48.0 Å². The predicted molar refractivity (Wildman–Crippen MR) is 134 cm³/mol. The Morgan fingerprint density at radius 1 is 1.23 bits per heavy atom. The van der Waals surface area contributed by atoms with E-state index in [4.69, 9.17) is 5.73 Å². The number of phenolic OH excluding ortho intramolecular Hbond substituents is 1. The summed E-state index contributed by atoms with van der Waals surface area (Å²) in [6.07, 6.45) is -4.57. The Morgan fingerprint density at radius 3 is 2.45 bits per heavy atom. The number of ketones is 2. The van der Waals surface area contributed by atoms with Crippen LogP contribution in [0.2, 0.25) is 0 Å². The highest BCUT2D eigenvalue weighted by atomic mass is 19.4. The molecule has 10 nitrogen and oxygen atoms in total. The molecule has 1 aromatic rings. The van der Waals surface area contributed by atoms with E-state index in [1.807, 2.05) is 0 Å². The van der Waals surface area contributed by atoms with Gasteiger partial charge < -0.3 is 36.8 Å². The zero-order chi connectivity index (χ0) is 29.5. The summed E-state index contributed by atoms with van der Waals surface area (Å²) in [4.78, 5) is 39.1. The minimum Gasteiger partial charge on any atom is -0.508 e. The number of hydrogen-bond acceptors (Lipinski definition) is 9. The Bertz CT molecular complexity index is 1390. The molecule has 4 aliphatic rings. The number of nitrogens with two attached hydrogens (primary N) is 1. The summed E-state index contributed by atoms with van der Waals surface area (Å²) in [5.41, 5.74) is -1.23. The van der Waals surface area contributed by atoms with Gasteiger partial charge in [0, 0.05) is 23.6 Å². The van der Waals surface area contributed by atoms with Crippen molar-refractivity contribution in [2.45, 2.75) is 69.4 Å². The van der Waals surface area contributed by atoms with Crippen LogP contribution >= 0.6 is 0 Å². The molecule has 1 aromatic carbocycles. The molecule has 3 aliphatic carbocycles. The van der Waals surface area contributed by atoms with Crippen molar-refractivity contribution in [3.63, 3.8) is 0 Å². The number of fused-ring (bicyclic) bond motifs is 3. The van der Waals surface area contributed by atoms with Crippen molar-refractivity contribution in [3.8, 4) is 5.75 Å². The van der Waals surface area contributed by atoms with Crippen LogP contribution in [-0.4, -0.2) is 62.1 Å². The molecule has 0 bridgehead atoms. The minimum atomic E-state index is -4.87. The molecule has 1 heterocycles. The SMILES string of the molecule is CC(C)N[C@@H]1C(=O)C(C(N)=O)=C(O)[C@@]2(O)C(=O)C3=C(O)c4c(O)cc(C5CCCN5)c(C(F)(F)F)c4C[C@H]3C[C@@H]12. The lowest BCUT2D eigenvalue weighted by atomic mass is 9.57. The molecule has 1 unspecified atom stereocenters. The standard InChI is InChI=1S/C27H30F3N3O7/c1-9(2)33-20-13-7-10-6-12-17(15(34)8-11(14-4-3-5-32-14)19(12)27(28,29)30)21(35)16(10)23(37)26(13,40)24(38)18(22(20)36)25(31)39/h8-10,13-14,20,32-35,38,40H,3-7H2,1-2H3,(H2,31,39)/t10-,13-,14?,20-,26-/m0/s1. The summed E-state index contributed by atoms with van der Waals surface area (Å²) in [6.45, 7) is 3.81. The molecular weight excluding hydrogens is 535 g/mol. The number of amides is 1. The van der Waals surface area contributed by atoms with Gasteiger partial charge in [0.05, 0.1) is 17.2 Å². The van der Waals surface area contributed by atoms with Crippen molar-refractivity contribution in [2.75, 3.05) is 6.54 Å². The summed E-state index contributed by atoms with van der Waals surface area (Å²) >= 11 is 0. The topological polar surface area (TPSA) is 182 Å². The Morgan fingerprint density at radius 2 is 1.90 bits per heavy atom. The first kappa shape index (κ1) is 28.1. The molecule has 0 radical (unpaired) electrons. The largest absolute Gasteiger partial charge is 0.508 e. The molecule has 5 rings (SSSR count). The summed E-state index contributed by atoms with van der Waals surface area (Å²) in [5, 5.41) is 50.4. The van der Waals surface area contributed by atoms with Crippen molar-refractivity contribution in [2.24, 2.45) is 17.6 Å². The maximum Gasteiger partial charge on any atom is 0.417 e. The van der Waals surface area contributed by atoms with Crippen LogP contribution in [0.5, 0.6) is 5.75 Å². The van der Waals surface area contributed by atoms with Gasteiger partial charge in [-0.25, -0.2) is 0 Å². The molecule has 8 N–H and O–H groups in total. The number of halogens is 3. The Labute approximate surface area is 226 Å². The quantitative estimate of drug-likeness (QED) is 0.268. The van der Waals surface area contributed by atoms with Crippen LogP contribution in [0.25, 0.3) is 5.76 Å². The maximum absolute atomic E-state index is 14.6. The molecule has 1 aliphatic heterocycles. The number of aromatic hydroxyl groups is 1. The summed E-state index contributed by atoms with van der Waals surface area (Å²) in [6, 6.07) is -1.54. The third-order valence-electron chi connectivity index (χ3n) is 8.46. The average Bonchev–Trinajstić information content (AvgIpc) is 3.37. The van der Waals surface area contributed by atoms with E-state index < -0.39 is 111 Å². The molecule has 13 heteroatoms. The van der Waals surface area contributed by atoms with Gasteiger partial charge in [-0.2, -0.15) is 13.2 Å². The van der Waals surface area contributed by atoms with Crippen molar-refractivity contribution in [1.29, 1.82) is 0 Å². The van der Waals surface area contributed by atoms with Gasteiger partial charge >= 0.3 is 6.18 Å². The fourth-order valence-corrected chi connectivity index (χ4v) is 6.89. The first-order chi connectivity index (χ1) is 18.6. The first-order valence-corrected chi connectivity index (χ1v) is 13.0. The Hall–Kier alpha value is -3.42. The summed E-state index contributed by atoms with van der Waals surface area (Å²) < 4.78 is 43.7. The van der Waals surface area contributed by atoms with E-state index in [1.165, 1.54) is 0 Å². The van der Waals surface area contributed by atoms with Crippen molar-refractivity contribution < 1.29 is 48.0 Å². The maximum atomic E-state index is 14.6. The van der Waals surface area contributed by atoms with Gasteiger partial charge in [-0.3, -0.25) is 14.4 Å². The number of Topliss-reactive ketones (excluding diaryl/α,β-unsaturated/α-hetero) is 2. The van der Waals surface area contributed by atoms with Gasteiger partial charge in [0.1, 0.15) is 22.8 Å². The lowest BCUT2D eigenvalue weighted by molar-refractivity contribution is -0.150. The molecule has 5 atom stereocenters. The number of rotatable bonds is 4. The predicted octanol–water partition coefficient (Wildman–Crippen LogP) is 1.84. The van der Waals surface area contributed by atoms with E-state index in [2.05, 4.69) is 10.6 Å². The first-order valence-electron chi connectivity index (χ1n) is 13.0. The van der Waals surface area contributed by atoms with E-state index in [0.29, 0.717) is 19.4 Å². The number of hydrogen-bond donors (Lipinski definition) is 7.